The SMILES string of the molecule is C[C@H]1CN(c2cc3c(cc2[N+](=O)[O-])CC(C)(CO)O3)CCO1. The molecule has 1 unspecified atom stereocenters. The summed E-state index contributed by atoms with van der Waals surface area (Å²) in [5, 5.41) is 20.9. The average molecular weight is 308 g/mol. The van der Waals surface area contributed by atoms with Crippen LogP contribution in [-0.4, -0.2) is 48.0 Å². The molecule has 0 amide bonds. The van der Waals surface area contributed by atoms with Crippen molar-refractivity contribution in [2.45, 2.75) is 32.0 Å². The van der Waals surface area contributed by atoms with Gasteiger partial charge in [0.1, 0.15) is 17.0 Å². The first-order valence-corrected chi connectivity index (χ1v) is 7.39. The van der Waals surface area contributed by atoms with E-state index in [0.717, 1.165) is 5.56 Å². The van der Waals surface area contributed by atoms with E-state index in [1.807, 2.05) is 11.8 Å². The van der Waals surface area contributed by atoms with E-state index in [4.69, 9.17) is 9.47 Å². The zero-order valence-electron chi connectivity index (χ0n) is 12.7. The van der Waals surface area contributed by atoms with Crippen LogP contribution in [0.1, 0.15) is 19.4 Å². The zero-order valence-corrected chi connectivity index (χ0v) is 12.7. The van der Waals surface area contributed by atoms with Crippen molar-refractivity contribution >= 4 is 11.4 Å². The quantitative estimate of drug-likeness (QED) is 0.673. The van der Waals surface area contributed by atoms with Crippen molar-refractivity contribution in [1.82, 2.24) is 0 Å². The highest BCUT2D eigenvalue weighted by Crippen LogP contribution is 2.42. The number of aliphatic hydroxyl groups is 1. The van der Waals surface area contributed by atoms with Gasteiger partial charge in [-0.1, -0.05) is 0 Å². The molecule has 1 saturated heterocycles. The fourth-order valence-electron chi connectivity index (χ4n) is 3.06. The number of rotatable bonds is 3. The molecule has 0 bridgehead atoms. The molecule has 0 spiro atoms. The van der Waals surface area contributed by atoms with Crippen LogP contribution in [0, 0.1) is 10.1 Å². The molecule has 7 heteroatoms. The molecule has 3 rings (SSSR count). The van der Waals surface area contributed by atoms with Crippen molar-refractivity contribution < 1.29 is 19.5 Å². The first-order valence-electron chi connectivity index (χ1n) is 7.39. The molecule has 0 aliphatic carbocycles. The Hall–Kier alpha value is -1.86. The summed E-state index contributed by atoms with van der Waals surface area (Å²) >= 11 is 0. The summed E-state index contributed by atoms with van der Waals surface area (Å²) in [7, 11) is 0. The van der Waals surface area contributed by atoms with Crippen LogP contribution in [0.25, 0.3) is 0 Å². The predicted molar refractivity (Wildman–Crippen MR) is 80.5 cm³/mol. The maximum Gasteiger partial charge on any atom is 0.293 e. The number of fused-ring (bicyclic) bond motifs is 1. The van der Waals surface area contributed by atoms with Gasteiger partial charge in [0.2, 0.25) is 0 Å². The normalized spacial score (nSPS) is 27.4. The highest BCUT2D eigenvalue weighted by Gasteiger charge is 2.37. The number of nitrogens with zero attached hydrogens (tertiary/aromatic N) is 2. The number of nitro benzene ring substituents is 1. The molecule has 2 aliphatic rings. The summed E-state index contributed by atoms with van der Waals surface area (Å²) in [4.78, 5) is 13.0. The van der Waals surface area contributed by atoms with Gasteiger partial charge in [0, 0.05) is 37.2 Å². The number of hydrogen-bond donors (Lipinski definition) is 1. The Morgan fingerprint density at radius 2 is 2.32 bits per heavy atom. The van der Waals surface area contributed by atoms with E-state index >= 15 is 0 Å². The average Bonchev–Trinajstić information content (AvgIpc) is 2.82. The summed E-state index contributed by atoms with van der Waals surface area (Å²) in [5.41, 5.74) is 0.709. The molecule has 1 aromatic carbocycles. The van der Waals surface area contributed by atoms with Gasteiger partial charge in [-0.25, -0.2) is 0 Å². The first-order chi connectivity index (χ1) is 10.4. The third-order valence-electron chi connectivity index (χ3n) is 4.19. The largest absolute Gasteiger partial charge is 0.484 e. The van der Waals surface area contributed by atoms with Gasteiger partial charge in [-0.05, 0) is 13.8 Å². The second-order valence-corrected chi connectivity index (χ2v) is 6.22. The fraction of sp³-hybridized carbons (Fsp3) is 0.600. The molecule has 1 fully saturated rings. The number of ether oxygens (including phenoxy) is 2. The van der Waals surface area contributed by atoms with Crippen molar-refractivity contribution in [2.24, 2.45) is 0 Å². The number of nitro groups is 1. The van der Waals surface area contributed by atoms with Crippen LogP contribution in [-0.2, 0) is 11.2 Å². The van der Waals surface area contributed by atoms with E-state index in [9.17, 15) is 15.2 Å². The molecule has 0 radical (unpaired) electrons. The number of anilines is 1. The van der Waals surface area contributed by atoms with Gasteiger partial charge in [-0.2, -0.15) is 0 Å². The summed E-state index contributed by atoms with van der Waals surface area (Å²) in [6.07, 6.45) is 0.504. The molecular weight excluding hydrogens is 288 g/mol. The van der Waals surface area contributed by atoms with Gasteiger partial charge >= 0.3 is 0 Å². The van der Waals surface area contributed by atoms with E-state index < -0.39 is 5.60 Å². The van der Waals surface area contributed by atoms with Crippen LogP contribution in [0.15, 0.2) is 12.1 Å². The van der Waals surface area contributed by atoms with Crippen LogP contribution in [0.2, 0.25) is 0 Å². The van der Waals surface area contributed by atoms with Gasteiger partial charge in [-0.3, -0.25) is 10.1 Å². The van der Waals surface area contributed by atoms with E-state index in [0.29, 0.717) is 37.6 Å². The molecule has 22 heavy (non-hydrogen) atoms. The lowest BCUT2D eigenvalue weighted by atomic mass is 9.99. The fourth-order valence-corrected chi connectivity index (χ4v) is 3.06. The second-order valence-electron chi connectivity index (χ2n) is 6.22. The van der Waals surface area contributed by atoms with Gasteiger partial charge in [0.05, 0.1) is 24.2 Å². The number of morpholine rings is 1. The smallest absolute Gasteiger partial charge is 0.293 e. The topological polar surface area (TPSA) is 85.1 Å². The van der Waals surface area contributed by atoms with E-state index in [1.54, 1.807) is 19.1 Å². The number of hydrogen-bond acceptors (Lipinski definition) is 6. The minimum absolute atomic E-state index is 0.0326. The second kappa shape index (κ2) is 5.40. The van der Waals surface area contributed by atoms with Crippen molar-refractivity contribution in [2.75, 3.05) is 31.2 Å². The molecule has 120 valence electrons. The van der Waals surface area contributed by atoms with Gasteiger partial charge in [0.25, 0.3) is 5.69 Å². The molecule has 7 nitrogen and oxygen atoms in total. The van der Waals surface area contributed by atoms with Crippen LogP contribution in [0.5, 0.6) is 5.75 Å². The van der Waals surface area contributed by atoms with E-state index in [-0.39, 0.29) is 23.3 Å². The van der Waals surface area contributed by atoms with Crippen LogP contribution >= 0.6 is 0 Å². The van der Waals surface area contributed by atoms with Crippen LogP contribution in [0.4, 0.5) is 11.4 Å². The summed E-state index contributed by atoms with van der Waals surface area (Å²) in [6, 6.07) is 3.30. The van der Waals surface area contributed by atoms with Gasteiger partial charge in [0.15, 0.2) is 0 Å². The van der Waals surface area contributed by atoms with E-state index in [2.05, 4.69) is 0 Å². The lowest BCUT2D eigenvalue weighted by molar-refractivity contribution is -0.384. The Kier molecular flexibility index (Phi) is 3.70. The highest BCUT2D eigenvalue weighted by atomic mass is 16.6. The van der Waals surface area contributed by atoms with Crippen molar-refractivity contribution in [3.05, 3.63) is 27.8 Å². The highest BCUT2D eigenvalue weighted by molar-refractivity contribution is 5.69. The summed E-state index contributed by atoms with van der Waals surface area (Å²) < 4.78 is 11.3. The molecule has 0 saturated carbocycles. The Balaban J connectivity index is 2.00. The monoisotopic (exact) mass is 308 g/mol. The van der Waals surface area contributed by atoms with Crippen molar-refractivity contribution in [3.8, 4) is 5.75 Å². The Bertz CT molecular complexity index is 606. The van der Waals surface area contributed by atoms with E-state index in [1.165, 1.54) is 0 Å². The van der Waals surface area contributed by atoms with Gasteiger partial charge in [-0.15, -0.1) is 0 Å². The van der Waals surface area contributed by atoms with Crippen molar-refractivity contribution in [1.29, 1.82) is 0 Å². The van der Waals surface area contributed by atoms with Crippen LogP contribution in [0.3, 0.4) is 0 Å². The predicted octanol–water partition coefficient (Wildman–Crippen LogP) is 1.51. The van der Waals surface area contributed by atoms with Gasteiger partial charge < -0.3 is 19.5 Å². The minimum atomic E-state index is -0.701. The maximum atomic E-state index is 11.4. The molecule has 2 heterocycles. The molecule has 2 aliphatic heterocycles. The number of benzene rings is 1. The molecule has 1 aromatic rings. The summed E-state index contributed by atoms with van der Waals surface area (Å²) in [6.45, 7) is 5.39. The lowest BCUT2D eigenvalue weighted by Gasteiger charge is -2.32. The van der Waals surface area contributed by atoms with Crippen LogP contribution < -0.4 is 9.64 Å². The lowest BCUT2D eigenvalue weighted by Crippen LogP contribution is -2.41. The Morgan fingerprint density at radius 3 is 2.95 bits per heavy atom. The zero-order chi connectivity index (χ0) is 15.9. The minimum Gasteiger partial charge on any atom is -0.484 e. The molecule has 0 aromatic heterocycles. The third-order valence-corrected chi connectivity index (χ3v) is 4.19. The maximum absolute atomic E-state index is 11.4. The number of aliphatic hydroxyl groups excluding tert-OH is 1. The Labute approximate surface area is 128 Å². The Morgan fingerprint density at radius 1 is 1.55 bits per heavy atom. The third kappa shape index (κ3) is 2.62. The standard InChI is InChI=1S/C15H20N2O5/c1-10-8-16(3-4-21-10)12-6-14-11(5-13(12)17(19)20)7-15(2,9-18)22-14/h5-6,10,18H,3-4,7-9H2,1-2H3/t10-,15?/m0/s1. The molecule has 1 N–H and O–H groups in total. The molecule has 2 atom stereocenters. The first kappa shape index (κ1) is 15.1. The van der Waals surface area contributed by atoms with Crippen molar-refractivity contribution in [3.63, 3.8) is 0 Å². The molecular formula is C15H20N2O5. The summed E-state index contributed by atoms with van der Waals surface area (Å²) in [5.74, 6) is 0.622.